The molecule has 4 aromatic rings. The van der Waals surface area contributed by atoms with Crippen LogP contribution < -0.4 is 10.0 Å². The van der Waals surface area contributed by atoms with Crippen LogP contribution in [0.5, 0.6) is 5.75 Å². The SMILES string of the molecule is Cc1cc(O)ccc1NCc1cccn1-c1ccc(S(=O)(=O)Nc2nccs2)cc1. The summed E-state index contributed by atoms with van der Waals surface area (Å²) in [6.07, 6.45) is 3.48. The molecule has 154 valence electrons. The van der Waals surface area contributed by atoms with Gasteiger partial charge in [-0.1, -0.05) is 0 Å². The largest absolute Gasteiger partial charge is 0.508 e. The number of hydrogen-bond acceptors (Lipinski definition) is 6. The first-order chi connectivity index (χ1) is 14.4. The number of aromatic nitrogens is 2. The van der Waals surface area contributed by atoms with E-state index in [-0.39, 0.29) is 10.6 Å². The van der Waals surface area contributed by atoms with Gasteiger partial charge < -0.3 is 15.0 Å². The number of nitrogens with one attached hydrogen (secondary N) is 2. The Balaban J connectivity index is 1.51. The molecule has 3 N–H and O–H groups in total. The number of rotatable bonds is 7. The van der Waals surface area contributed by atoms with Gasteiger partial charge in [0, 0.05) is 34.8 Å². The summed E-state index contributed by atoms with van der Waals surface area (Å²) in [6, 6.07) is 15.8. The van der Waals surface area contributed by atoms with Gasteiger partial charge in [-0.15, -0.1) is 11.3 Å². The zero-order valence-corrected chi connectivity index (χ0v) is 17.7. The molecular weight excluding hydrogens is 420 g/mol. The van der Waals surface area contributed by atoms with Gasteiger partial charge in [0.1, 0.15) is 5.75 Å². The fourth-order valence-corrected chi connectivity index (χ4v) is 4.87. The van der Waals surface area contributed by atoms with E-state index < -0.39 is 10.0 Å². The van der Waals surface area contributed by atoms with E-state index in [0.717, 1.165) is 22.6 Å². The van der Waals surface area contributed by atoms with Crippen molar-refractivity contribution in [2.24, 2.45) is 0 Å². The average Bonchev–Trinajstić information content (AvgIpc) is 3.39. The van der Waals surface area contributed by atoms with Crippen molar-refractivity contribution in [2.75, 3.05) is 10.0 Å². The fourth-order valence-electron chi connectivity index (χ4n) is 3.08. The maximum atomic E-state index is 12.5. The summed E-state index contributed by atoms with van der Waals surface area (Å²) in [4.78, 5) is 4.13. The second-order valence-electron chi connectivity index (χ2n) is 6.66. The third kappa shape index (κ3) is 4.32. The lowest BCUT2D eigenvalue weighted by Crippen LogP contribution is -2.13. The number of phenols is 1. The highest BCUT2D eigenvalue weighted by atomic mass is 32.2. The minimum absolute atomic E-state index is 0.174. The van der Waals surface area contributed by atoms with Crippen molar-refractivity contribution in [3.63, 3.8) is 0 Å². The topological polar surface area (TPSA) is 96.2 Å². The molecule has 0 radical (unpaired) electrons. The Labute approximate surface area is 178 Å². The van der Waals surface area contributed by atoms with Crippen molar-refractivity contribution in [3.05, 3.63) is 83.6 Å². The molecule has 30 heavy (non-hydrogen) atoms. The van der Waals surface area contributed by atoms with Crippen LogP contribution in [0.4, 0.5) is 10.8 Å². The summed E-state index contributed by atoms with van der Waals surface area (Å²) in [7, 11) is -3.68. The Morgan fingerprint density at radius 2 is 1.93 bits per heavy atom. The quantitative estimate of drug-likeness (QED) is 0.371. The van der Waals surface area contributed by atoms with Crippen LogP contribution in [-0.4, -0.2) is 23.1 Å². The lowest BCUT2D eigenvalue weighted by molar-refractivity contribution is 0.475. The van der Waals surface area contributed by atoms with Gasteiger partial charge in [0.15, 0.2) is 5.13 Å². The van der Waals surface area contributed by atoms with E-state index in [0.29, 0.717) is 11.7 Å². The number of sulfonamides is 1. The number of anilines is 2. The smallest absolute Gasteiger partial charge is 0.263 e. The second kappa shape index (κ2) is 8.21. The number of aryl methyl sites for hydroxylation is 1. The average molecular weight is 441 g/mol. The Kier molecular flexibility index (Phi) is 5.47. The molecule has 0 aliphatic carbocycles. The van der Waals surface area contributed by atoms with Gasteiger partial charge in [-0.2, -0.15) is 0 Å². The summed E-state index contributed by atoms with van der Waals surface area (Å²) in [5.74, 6) is 0.237. The molecule has 0 atom stereocenters. The van der Waals surface area contributed by atoms with E-state index >= 15 is 0 Å². The lowest BCUT2D eigenvalue weighted by Gasteiger charge is -2.13. The number of aromatic hydroxyl groups is 1. The molecule has 4 rings (SSSR count). The Morgan fingerprint density at radius 1 is 1.13 bits per heavy atom. The Bertz CT molecular complexity index is 1250. The molecule has 9 heteroatoms. The van der Waals surface area contributed by atoms with E-state index in [1.807, 2.05) is 35.9 Å². The molecule has 0 amide bonds. The predicted molar refractivity (Wildman–Crippen MR) is 119 cm³/mol. The van der Waals surface area contributed by atoms with Crippen molar-refractivity contribution in [3.8, 4) is 11.4 Å². The molecule has 0 spiro atoms. The lowest BCUT2D eigenvalue weighted by atomic mass is 10.2. The maximum Gasteiger partial charge on any atom is 0.263 e. The van der Waals surface area contributed by atoms with Crippen LogP contribution in [0, 0.1) is 6.92 Å². The minimum atomic E-state index is -3.68. The first-order valence-corrected chi connectivity index (χ1v) is 11.5. The van der Waals surface area contributed by atoms with E-state index in [4.69, 9.17) is 0 Å². The van der Waals surface area contributed by atoms with Gasteiger partial charge >= 0.3 is 0 Å². The summed E-state index contributed by atoms with van der Waals surface area (Å²) >= 11 is 1.23. The van der Waals surface area contributed by atoms with Gasteiger partial charge in [0.25, 0.3) is 10.0 Å². The van der Waals surface area contributed by atoms with E-state index in [1.165, 1.54) is 11.3 Å². The number of nitrogens with zero attached hydrogens (tertiary/aromatic N) is 2. The van der Waals surface area contributed by atoms with Gasteiger partial charge in [0.05, 0.1) is 11.4 Å². The summed E-state index contributed by atoms with van der Waals surface area (Å²) in [6.45, 7) is 2.50. The molecule has 0 unspecified atom stereocenters. The molecule has 7 nitrogen and oxygen atoms in total. The van der Waals surface area contributed by atoms with Crippen LogP contribution in [0.3, 0.4) is 0 Å². The molecular formula is C21H20N4O3S2. The Morgan fingerprint density at radius 3 is 2.63 bits per heavy atom. The molecule has 0 saturated carbocycles. The Hall–Kier alpha value is -3.30. The number of hydrogen-bond donors (Lipinski definition) is 3. The normalized spacial score (nSPS) is 11.4. The zero-order valence-electron chi connectivity index (χ0n) is 16.1. The summed E-state index contributed by atoms with van der Waals surface area (Å²) in [5, 5.41) is 15.0. The third-order valence-electron chi connectivity index (χ3n) is 4.58. The monoisotopic (exact) mass is 440 g/mol. The van der Waals surface area contributed by atoms with Crippen LogP contribution in [-0.2, 0) is 16.6 Å². The molecule has 0 fully saturated rings. The van der Waals surface area contributed by atoms with E-state index in [9.17, 15) is 13.5 Å². The fraction of sp³-hybridized carbons (Fsp3) is 0.0952. The van der Waals surface area contributed by atoms with Crippen molar-refractivity contribution in [1.82, 2.24) is 9.55 Å². The molecule has 0 saturated heterocycles. The summed E-state index contributed by atoms with van der Waals surface area (Å²) < 4.78 is 29.5. The number of thiazole rings is 1. The standard InChI is InChI=1S/C21H20N4O3S2/c1-15-13-18(26)6-9-20(15)23-14-17-3-2-11-25(17)16-4-7-19(8-5-16)30(27,28)24-21-22-10-12-29-21/h2-13,23,26H,14H2,1H3,(H,22,24). The van der Waals surface area contributed by atoms with Gasteiger partial charge in [-0.25, -0.2) is 13.4 Å². The van der Waals surface area contributed by atoms with Crippen molar-refractivity contribution in [2.45, 2.75) is 18.4 Å². The first-order valence-electron chi connectivity index (χ1n) is 9.15. The highest BCUT2D eigenvalue weighted by Gasteiger charge is 2.15. The van der Waals surface area contributed by atoms with Crippen molar-refractivity contribution in [1.29, 1.82) is 0 Å². The van der Waals surface area contributed by atoms with Crippen LogP contribution in [0.2, 0.25) is 0 Å². The molecule has 0 aliphatic rings. The summed E-state index contributed by atoms with van der Waals surface area (Å²) in [5.41, 5.74) is 3.76. The van der Waals surface area contributed by atoms with E-state index in [2.05, 4.69) is 15.0 Å². The first kappa shape index (κ1) is 20.0. The molecule has 2 heterocycles. The zero-order chi connectivity index (χ0) is 21.1. The molecule has 0 aliphatic heterocycles. The molecule has 2 aromatic heterocycles. The number of benzene rings is 2. The second-order valence-corrected chi connectivity index (χ2v) is 9.24. The van der Waals surface area contributed by atoms with Crippen LogP contribution in [0.15, 0.2) is 77.3 Å². The van der Waals surface area contributed by atoms with E-state index in [1.54, 1.807) is 48.0 Å². The van der Waals surface area contributed by atoms with Gasteiger partial charge in [-0.05, 0) is 67.1 Å². The highest BCUT2D eigenvalue weighted by molar-refractivity contribution is 7.93. The number of phenolic OH excluding ortho intramolecular Hbond substituents is 1. The third-order valence-corrected chi connectivity index (χ3v) is 6.75. The van der Waals surface area contributed by atoms with Gasteiger partial charge in [-0.3, -0.25) is 4.72 Å². The van der Waals surface area contributed by atoms with Crippen molar-refractivity contribution >= 4 is 32.2 Å². The minimum Gasteiger partial charge on any atom is -0.508 e. The predicted octanol–water partition coefficient (Wildman–Crippen LogP) is 4.36. The van der Waals surface area contributed by atoms with Crippen LogP contribution in [0.25, 0.3) is 5.69 Å². The van der Waals surface area contributed by atoms with Crippen LogP contribution >= 0.6 is 11.3 Å². The van der Waals surface area contributed by atoms with Crippen LogP contribution in [0.1, 0.15) is 11.3 Å². The highest BCUT2D eigenvalue weighted by Crippen LogP contribution is 2.23. The van der Waals surface area contributed by atoms with Crippen molar-refractivity contribution < 1.29 is 13.5 Å². The van der Waals surface area contributed by atoms with Gasteiger partial charge in [0.2, 0.25) is 0 Å². The molecule has 2 aromatic carbocycles. The molecule has 0 bridgehead atoms. The maximum absolute atomic E-state index is 12.5.